The van der Waals surface area contributed by atoms with Crippen LogP contribution in [0.2, 0.25) is 0 Å². The Kier molecular flexibility index (Phi) is 5.90. The van der Waals surface area contributed by atoms with E-state index < -0.39 is 14.9 Å². The molecule has 0 aliphatic rings. The summed E-state index contributed by atoms with van der Waals surface area (Å²) in [6.45, 7) is 1.10. The second-order valence-corrected chi connectivity index (χ2v) is 6.01. The van der Waals surface area contributed by atoms with Gasteiger partial charge in [-0.2, -0.15) is 0 Å². The minimum absolute atomic E-state index is 0.990. The zero-order chi connectivity index (χ0) is 12.8. The molecule has 16 heavy (non-hydrogen) atoms. The van der Waals surface area contributed by atoms with Gasteiger partial charge < -0.3 is 4.48 Å². The first-order valence-electron chi connectivity index (χ1n) is 4.61. The average molecular weight is 298 g/mol. The molecule has 0 N–H and O–H groups in total. The van der Waals surface area contributed by atoms with Crippen molar-refractivity contribution >= 4 is 14.9 Å². The molecule has 0 unspecified atom stereocenters. The van der Waals surface area contributed by atoms with E-state index in [4.69, 9.17) is 3.74 Å². The molecule has 0 fully saturated rings. The molecule has 0 heterocycles. The number of quaternary nitrogens is 1. The Morgan fingerprint density at radius 2 is 1.44 bits per heavy atom. The van der Waals surface area contributed by atoms with Crippen LogP contribution in [0.4, 0.5) is 10.4 Å². The molecule has 0 aliphatic carbocycles. The van der Waals surface area contributed by atoms with Crippen LogP contribution < -0.4 is 0 Å². The van der Waals surface area contributed by atoms with E-state index in [0.717, 1.165) is 11.0 Å². The topological polar surface area (TPSA) is 17.1 Å². The third-order valence-electron chi connectivity index (χ3n) is 1.50. The van der Waals surface area contributed by atoms with Crippen LogP contribution >= 0.6 is 0 Å². The van der Waals surface area contributed by atoms with Crippen molar-refractivity contribution < 1.29 is 18.6 Å². The van der Waals surface area contributed by atoms with Gasteiger partial charge in [-0.1, -0.05) is 30.3 Å². The summed E-state index contributed by atoms with van der Waals surface area (Å²) in [5.41, 5.74) is 1.40. The Balaban J connectivity index is 0.000000385. The number of hydrogen-bond acceptors (Lipinski definition) is 1. The molecule has 0 aromatic heterocycles. The predicted molar refractivity (Wildman–Crippen MR) is 57.9 cm³/mol. The fraction of sp³-hybridized carbons (Fsp3) is 0.400. The molecule has 0 spiro atoms. The van der Waals surface area contributed by atoms with Crippen molar-refractivity contribution in [1.82, 2.24) is 0 Å². The van der Waals surface area contributed by atoms with Gasteiger partial charge in [-0.15, -0.1) is 0 Å². The molecular formula is C10H16AsF3NO+. The van der Waals surface area contributed by atoms with Gasteiger partial charge >= 0.3 is 29.0 Å². The van der Waals surface area contributed by atoms with E-state index in [1.54, 1.807) is 0 Å². The van der Waals surface area contributed by atoms with Gasteiger partial charge in [-0.3, -0.25) is 0 Å². The molecule has 0 radical (unpaired) electrons. The Morgan fingerprint density at radius 1 is 1.06 bits per heavy atom. The Hall–Kier alpha value is -0.672. The van der Waals surface area contributed by atoms with E-state index >= 15 is 0 Å². The Labute approximate surface area is 97.5 Å². The molecule has 6 heteroatoms. The van der Waals surface area contributed by atoms with Crippen LogP contribution in [0.25, 0.3) is 0 Å². The van der Waals surface area contributed by atoms with E-state index in [-0.39, 0.29) is 0 Å². The Bertz CT molecular complexity index is 337. The molecule has 0 aliphatic heterocycles. The van der Waals surface area contributed by atoms with Crippen LogP contribution in [0.1, 0.15) is 5.56 Å². The van der Waals surface area contributed by atoms with E-state index in [0.29, 0.717) is 0 Å². The number of hydrogen-bond donors (Lipinski definition) is 0. The minimum atomic E-state index is -6.62. The monoisotopic (exact) mass is 298 g/mol. The molecule has 1 rings (SSSR count). The number of rotatable bonds is 2. The summed E-state index contributed by atoms with van der Waals surface area (Å²) in [4.78, 5) is 0. The molecule has 0 atom stereocenters. The summed E-state index contributed by atoms with van der Waals surface area (Å²) < 4.78 is 39.2. The zero-order valence-electron chi connectivity index (χ0n) is 9.53. The molecule has 0 amide bonds. The number of benzene rings is 1. The first-order chi connectivity index (χ1) is 7.08. The van der Waals surface area contributed by atoms with Gasteiger partial charge in [0, 0.05) is 5.56 Å². The standard InChI is InChI=1S/C10H16N.AsF3O/c1-11(2,3)9-10-7-5-4-6-8-10;2-1(3,4)5/h4-8H,9H2,1-3H3;/q+1;. The van der Waals surface area contributed by atoms with Crippen LogP contribution in [0, 0.1) is 0 Å². The van der Waals surface area contributed by atoms with Crippen LogP contribution in [0.15, 0.2) is 30.3 Å². The van der Waals surface area contributed by atoms with Gasteiger partial charge in [0.25, 0.3) is 0 Å². The molecule has 1 aromatic rings. The fourth-order valence-corrected chi connectivity index (χ4v) is 1.13. The molecule has 0 saturated carbocycles. The van der Waals surface area contributed by atoms with E-state index in [9.17, 15) is 10.4 Å². The van der Waals surface area contributed by atoms with Crippen LogP contribution in [-0.2, 0) is 10.3 Å². The molecular weight excluding hydrogens is 282 g/mol. The van der Waals surface area contributed by atoms with Gasteiger partial charge in [0.1, 0.15) is 6.54 Å². The second kappa shape index (κ2) is 6.16. The van der Waals surface area contributed by atoms with Crippen LogP contribution in [0.5, 0.6) is 0 Å². The summed E-state index contributed by atoms with van der Waals surface area (Å²) in [5, 5.41) is 0. The summed E-state index contributed by atoms with van der Waals surface area (Å²) in [6.07, 6.45) is 0. The second-order valence-electron chi connectivity index (χ2n) is 4.33. The maximum absolute atomic E-state index is 9.97. The van der Waals surface area contributed by atoms with E-state index in [2.05, 4.69) is 51.5 Å². The van der Waals surface area contributed by atoms with Crippen molar-refractivity contribution in [2.45, 2.75) is 6.54 Å². The van der Waals surface area contributed by atoms with Gasteiger partial charge in [-0.25, -0.2) is 0 Å². The van der Waals surface area contributed by atoms with Crippen molar-refractivity contribution in [3.63, 3.8) is 0 Å². The van der Waals surface area contributed by atoms with E-state index in [1.807, 2.05) is 0 Å². The third-order valence-corrected chi connectivity index (χ3v) is 1.50. The molecule has 0 saturated heterocycles. The first kappa shape index (κ1) is 15.3. The van der Waals surface area contributed by atoms with Gasteiger partial charge in [0.05, 0.1) is 21.1 Å². The SMILES string of the molecule is C[N+](C)(C)Cc1ccccc1.O=[As](F)(F)F. The molecule has 0 bridgehead atoms. The Morgan fingerprint density at radius 3 is 1.75 bits per heavy atom. The zero-order valence-corrected chi connectivity index (χ0v) is 11.4. The van der Waals surface area contributed by atoms with Crippen molar-refractivity contribution in [3.8, 4) is 0 Å². The first-order valence-corrected chi connectivity index (χ1v) is 7.51. The summed E-state index contributed by atoms with van der Waals surface area (Å²) in [7, 11) is 6.60. The van der Waals surface area contributed by atoms with Gasteiger partial charge in [-0.05, 0) is 0 Å². The van der Waals surface area contributed by atoms with Crippen molar-refractivity contribution in [2.24, 2.45) is 0 Å². The third kappa shape index (κ3) is 13.3. The predicted octanol–water partition coefficient (Wildman–Crippen LogP) is 2.65. The molecule has 92 valence electrons. The normalized spacial score (nSPS) is 11.6. The molecule has 1 aromatic carbocycles. The fourth-order valence-electron chi connectivity index (χ4n) is 1.13. The maximum atomic E-state index is 9.97. The summed E-state index contributed by atoms with van der Waals surface area (Å²) in [5.74, 6) is 0. The van der Waals surface area contributed by atoms with Crippen LogP contribution in [0.3, 0.4) is 0 Å². The number of nitrogens with zero attached hydrogens (tertiary/aromatic N) is 1. The van der Waals surface area contributed by atoms with Crippen LogP contribution in [-0.4, -0.2) is 40.5 Å². The number of halogens is 3. The van der Waals surface area contributed by atoms with Crippen molar-refractivity contribution in [1.29, 1.82) is 0 Å². The van der Waals surface area contributed by atoms with Gasteiger partial charge in [0.15, 0.2) is 0 Å². The molecule has 2 nitrogen and oxygen atoms in total. The van der Waals surface area contributed by atoms with Crippen molar-refractivity contribution in [2.75, 3.05) is 21.1 Å². The summed E-state index contributed by atoms with van der Waals surface area (Å²) >= 11 is -6.62. The van der Waals surface area contributed by atoms with E-state index in [1.165, 1.54) is 5.56 Å². The van der Waals surface area contributed by atoms with Crippen molar-refractivity contribution in [3.05, 3.63) is 35.9 Å². The quantitative estimate of drug-likeness (QED) is 0.606. The summed E-state index contributed by atoms with van der Waals surface area (Å²) in [6, 6.07) is 10.6. The average Bonchev–Trinajstić information content (AvgIpc) is 1.99. The van der Waals surface area contributed by atoms with Gasteiger partial charge in [0.2, 0.25) is 0 Å².